The summed E-state index contributed by atoms with van der Waals surface area (Å²) in [5, 5.41) is 0. The first kappa shape index (κ1) is 52.2. The van der Waals surface area contributed by atoms with Crippen molar-refractivity contribution >= 4 is 48.4 Å². The van der Waals surface area contributed by atoms with Crippen molar-refractivity contribution in [2.75, 3.05) is 0 Å². The van der Waals surface area contributed by atoms with Crippen LogP contribution in [0, 0.1) is 56.5 Å². The van der Waals surface area contributed by atoms with Crippen LogP contribution in [0.15, 0.2) is 0 Å². The number of hydrogen-bond acceptors (Lipinski definition) is 0. The minimum absolute atomic E-state index is 0. The summed E-state index contributed by atoms with van der Waals surface area (Å²) in [4.78, 5) is 4.75. The van der Waals surface area contributed by atoms with Crippen LogP contribution in [-0.4, -0.2) is 48.4 Å². The second-order valence-corrected chi connectivity index (χ2v) is 48.9. The van der Waals surface area contributed by atoms with Crippen molar-refractivity contribution in [3.05, 3.63) is 9.58 Å². The van der Waals surface area contributed by atoms with Crippen molar-refractivity contribution in [3.8, 4) is 0 Å². The Labute approximate surface area is 334 Å². The number of hydrogen-bond donors (Lipinski definition) is 0. The molecule has 0 aliphatic carbocycles. The third kappa shape index (κ3) is 10.9. The molecule has 0 aromatic rings. The molecule has 0 saturated carbocycles. The van der Waals surface area contributed by atoms with Crippen LogP contribution in [0.25, 0.3) is 0 Å². The maximum atomic E-state index is 2.54. The first-order chi connectivity index (χ1) is 20.8. The van der Waals surface area contributed by atoms with Crippen molar-refractivity contribution in [3.63, 3.8) is 0 Å². The van der Waals surface area contributed by atoms with Crippen LogP contribution in [0.4, 0.5) is 0 Å². The van der Waals surface area contributed by atoms with Crippen molar-refractivity contribution in [1.29, 1.82) is 0 Å². The first-order valence-corrected chi connectivity index (χ1v) is 36.3. The maximum absolute atomic E-state index is 2.54. The first-order valence-electron chi connectivity index (χ1n) is 20.6. The molecule has 0 fully saturated rings. The van der Waals surface area contributed by atoms with Gasteiger partial charge in [-0.2, -0.15) is 0 Å². The van der Waals surface area contributed by atoms with E-state index < -0.39 is 48.4 Å². The molecule has 0 spiro atoms. The molecular weight excluding hydrogens is 798 g/mol. The average Bonchev–Trinajstić information content (AvgIpc) is 3.10. The Balaban J connectivity index is -0.000000767. The molecule has 0 bridgehead atoms. The van der Waals surface area contributed by atoms with Gasteiger partial charge in [-0.25, -0.2) is 0 Å². The van der Waals surface area contributed by atoms with Gasteiger partial charge < -0.3 is 9.58 Å². The van der Waals surface area contributed by atoms with E-state index in [-0.39, 0.29) is 46.9 Å². The van der Waals surface area contributed by atoms with E-state index in [1.54, 1.807) is 0 Å². The molecule has 0 aromatic heterocycles. The van der Waals surface area contributed by atoms with E-state index in [0.717, 1.165) is 0 Å². The molecule has 0 atom stereocenters. The van der Waals surface area contributed by atoms with Gasteiger partial charge in [-0.15, -0.1) is 0 Å². The Morgan fingerprint density at radius 1 is 0.200 bits per heavy atom. The van der Waals surface area contributed by atoms with Crippen molar-refractivity contribution in [2.45, 2.75) is 233 Å². The van der Waals surface area contributed by atoms with Gasteiger partial charge in [0, 0.05) is 0 Å². The van der Waals surface area contributed by atoms with Gasteiger partial charge in [0.1, 0.15) is 0 Å². The second-order valence-electron chi connectivity index (χ2n) is 14.8. The van der Waals surface area contributed by atoms with Crippen molar-refractivity contribution < 1.29 is 46.9 Å². The van der Waals surface area contributed by atoms with E-state index in [1.165, 1.54) is 109 Å². The van der Waals surface area contributed by atoms with Gasteiger partial charge in [0.15, 0.2) is 0 Å². The fourth-order valence-electron chi connectivity index (χ4n) is 11.1. The van der Waals surface area contributed by atoms with E-state index in [4.69, 9.17) is 0 Å². The average molecular weight is 889 g/mol. The summed E-state index contributed by atoms with van der Waals surface area (Å²) in [6.45, 7) is 45.7. The Morgan fingerprint density at radius 3 is 0.311 bits per heavy atom. The third-order valence-corrected chi connectivity index (χ3v) is 65.2. The molecule has 0 N–H and O–H groups in total. The molecule has 280 valence electrons. The van der Waals surface area contributed by atoms with E-state index in [2.05, 4.69) is 134 Å². The van der Waals surface area contributed by atoms with Crippen LogP contribution < -0.4 is 0 Å². The topological polar surface area (TPSA) is 0 Å². The fraction of sp³-hybridized carbons (Fsp3) is 0.947. The molecule has 0 unspecified atom stereocenters. The van der Waals surface area contributed by atoms with Crippen molar-refractivity contribution in [1.82, 2.24) is 0 Å². The van der Waals surface area contributed by atoms with Gasteiger partial charge in [-0.3, -0.25) is 0 Å². The van der Waals surface area contributed by atoms with E-state index in [0.29, 0.717) is 0 Å². The quantitative estimate of drug-likeness (QED) is 0.0669. The molecular formula is C38H90Si6Yb. The van der Waals surface area contributed by atoms with E-state index in [1.807, 2.05) is 0 Å². The SMILES string of the molecule is CC[Si](CC)(CC)[C-]([Si](CC)(CC)CC)[Si](CC)(CC)CC.CC[Si](CC)(CC)[C-]([Si](CC)(CC)CC)[Si](CC)(CC)CC.[Yb+2]. The monoisotopic (exact) mass is 889 g/mol. The Morgan fingerprint density at radius 2 is 0.267 bits per heavy atom. The van der Waals surface area contributed by atoms with Crippen molar-refractivity contribution in [2.24, 2.45) is 0 Å². The summed E-state index contributed by atoms with van der Waals surface area (Å²) in [6, 6.07) is 27.2. The van der Waals surface area contributed by atoms with Gasteiger partial charge in [-0.05, 0) is 0 Å². The van der Waals surface area contributed by atoms with Crippen LogP contribution in [0.2, 0.25) is 109 Å². The minimum atomic E-state index is -1.20. The van der Waals surface area contributed by atoms with Gasteiger partial charge >= 0.3 is 46.9 Å². The molecule has 0 rings (SSSR count). The fourth-order valence-corrected chi connectivity index (χ4v) is 72.5. The molecule has 0 radical (unpaired) electrons. The van der Waals surface area contributed by atoms with Crippen LogP contribution in [0.3, 0.4) is 0 Å². The standard InChI is InChI=1S/2C19H45Si3.Yb/c2*1-10-20(11-2,12-3)19(21(13-4,14-5)15-6)22(16-7,17-8)18-9;/h2*10-18H2,1-9H3;/q2*-1;+2. The zero-order chi connectivity index (χ0) is 34.9. The van der Waals surface area contributed by atoms with Gasteiger partial charge in [0.05, 0.1) is 0 Å². The summed E-state index contributed by atoms with van der Waals surface area (Å²) in [7, 11) is -7.22. The zero-order valence-electron chi connectivity index (χ0n) is 35.0. The summed E-state index contributed by atoms with van der Waals surface area (Å²) < 4.78 is 0. The summed E-state index contributed by atoms with van der Waals surface area (Å²) in [6.07, 6.45) is 0. The zero-order valence-corrected chi connectivity index (χ0v) is 42.7. The van der Waals surface area contributed by atoms with Crippen LogP contribution >= 0.6 is 0 Å². The molecule has 7 heteroatoms. The molecule has 0 aliphatic heterocycles. The van der Waals surface area contributed by atoms with Crippen LogP contribution in [0.5, 0.6) is 0 Å². The largest absolute Gasteiger partial charge is 2.00 e. The van der Waals surface area contributed by atoms with Gasteiger partial charge in [0.25, 0.3) is 0 Å². The molecule has 45 heavy (non-hydrogen) atoms. The molecule has 0 aromatic carbocycles. The second kappa shape index (κ2) is 24.9. The maximum Gasteiger partial charge on any atom is 2.00 e. The van der Waals surface area contributed by atoms with Gasteiger partial charge in [-0.1, -0.05) is 282 Å². The van der Waals surface area contributed by atoms with Gasteiger partial charge in [0.2, 0.25) is 0 Å². The number of rotatable bonds is 24. The summed E-state index contributed by atoms with van der Waals surface area (Å²) >= 11 is 0. The molecule has 0 amide bonds. The van der Waals surface area contributed by atoms with E-state index in [9.17, 15) is 0 Å². The van der Waals surface area contributed by atoms with E-state index >= 15 is 0 Å². The Kier molecular flexibility index (Phi) is 28.9. The molecule has 0 heterocycles. The van der Waals surface area contributed by atoms with Crippen LogP contribution in [-0.2, 0) is 0 Å². The smallest absolute Gasteiger partial charge is 0.309 e. The minimum Gasteiger partial charge on any atom is -0.309 e. The predicted octanol–water partition coefficient (Wildman–Crippen LogP) is 15.4. The summed E-state index contributed by atoms with van der Waals surface area (Å²) in [5.74, 6) is 0. The molecule has 0 saturated heterocycles. The Hall–Kier alpha value is 2.82. The normalized spacial score (nSPS) is 13.6. The molecule has 0 aliphatic rings. The Bertz CT molecular complexity index is 500. The summed E-state index contributed by atoms with van der Waals surface area (Å²) in [5.41, 5.74) is 0. The third-order valence-electron chi connectivity index (χ3n) is 15.4. The molecule has 0 nitrogen and oxygen atoms in total. The van der Waals surface area contributed by atoms with Crippen LogP contribution in [0.1, 0.15) is 125 Å². The predicted molar refractivity (Wildman–Crippen MR) is 230 cm³/mol.